The molecule has 4 N–H and O–H groups in total. The molecular weight excluding hydrogens is 252 g/mol. The Labute approximate surface area is 110 Å². The average Bonchev–Trinajstić information content (AvgIpc) is 2.38. The van der Waals surface area contributed by atoms with Crippen LogP contribution in [0, 0.1) is 0 Å². The Balaban J connectivity index is 2.36. The molecule has 0 unspecified atom stereocenters. The van der Waals surface area contributed by atoms with E-state index in [9.17, 15) is 14.7 Å². The second kappa shape index (κ2) is 7.22. The van der Waals surface area contributed by atoms with E-state index in [-0.39, 0.29) is 12.3 Å². The summed E-state index contributed by atoms with van der Waals surface area (Å²) >= 11 is 0. The molecule has 0 radical (unpaired) electrons. The lowest BCUT2D eigenvalue weighted by atomic mass is 10.2. The first-order chi connectivity index (χ1) is 9.02. The van der Waals surface area contributed by atoms with Gasteiger partial charge in [-0.05, 0) is 17.7 Å². The van der Waals surface area contributed by atoms with Crippen molar-refractivity contribution in [3.63, 3.8) is 0 Å². The van der Waals surface area contributed by atoms with Crippen LogP contribution in [0.25, 0.3) is 0 Å². The molecule has 0 aliphatic heterocycles. The fraction of sp³-hybridized carbons (Fsp3) is 0.333. The number of hydrogen-bond acceptors (Lipinski definition) is 5. The monoisotopic (exact) mass is 268 g/mol. The number of benzene rings is 1. The molecule has 0 aliphatic carbocycles. The van der Waals surface area contributed by atoms with Crippen molar-refractivity contribution in [1.29, 1.82) is 0 Å². The third kappa shape index (κ3) is 5.26. The van der Waals surface area contributed by atoms with Crippen LogP contribution in [0.2, 0.25) is 0 Å². The van der Waals surface area contributed by atoms with Crippen LogP contribution in [-0.4, -0.2) is 42.3 Å². The predicted molar refractivity (Wildman–Crippen MR) is 67.0 cm³/mol. The van der Waals surface area contributed by atoms with Crippen LogP contribution in [0.3, 0.4) is 0 Å². The summed E-state index contributed by atoms with van der Waals surface area (Å²) in [6.07, 6.45) is 0. The number of carbonyl (C=O) groups excluding carboxylic acids is 1. The number of nitrogens with one attached hydrogen (secondary N) is 2. The number of aromatic hydroxyl groups is 1. The lowest BCUT2D eigenvalue weighted by Gasteiger charge is -2.08. The summed E-state index contributed by atoms with van der Waals surface area (Å²) < 4.78 is 4.96. The molecule has 0 aliphatic rings. The van der Waals surface area contributed by atoms with Gasteiger partial charge in [-0.1, -0.05) is 6.07 Å². The van der Waals surface area contributed by atoms with E-state index in [4.69, 9.17) is 9.84 Å². The van der Waals surface area contributed by atoms with Gasteiger partial charge in [0, 0.05) is 6.54 Å². The minimum atomic E-state index is -1.09. The molecule has 7 nitrogen and oxygen atoms in total. The summed E-state index contributed by atoms with van der Waals surface area (Å²) in [5.41, 5.74) is 0.834. The first kappa shape index (κ1) is 14.8. The summed E-state index contributed by atoms with van der Waals surface area (Å²) in [4.78, 5) is 21.4. The second-order valence-electron chi connectivity index (χ2n) is 3.78. The smallest absolute Gasteiger partial charge is 0.322 e. The number of hydrogen-bond donors (Lipinski definition) is 4. The normalized spacial score (nSPS) is 9.95. The van der Waals surface area contributed by atoms with E-state index in [0.29, 0.717) is 12.3 Å². The van der Waals surface area contributed by atoms with Gasteiger partial charge in [0.05, 0.1) is 13.7 Å². The molecule has 1 aromatic carbocycles. The maximum absolute atomic E-state index is 11.2. The first-order valence-corrected chi connectivity index (χ1v) is 5.58. The maximum Gasteiger partial charge on any atom is 0.322 e. The van der Waals surface area contributed by atoms with E-state index in [2.05, 4.69) is 10.6 Å². The van der Waals surface area contributed by atoms with Gasteiger partial charge in [0.15, 0.2) is 11.5 Å². The molecule has 1 amide bonds. The average molecular weight is 268 g/mol. The van der Waals surface area contributed by atoms with E-state index in [0.717, 1.165) is 5.56 Å². The highest BCUT2D eigenvalue weighted by Crippen LogP contribution is 2.25. The molecule has 0 saturated carbocycles. The van der Waals surface area contributed by atoms with Gasteiger partial charge < -0.3 is 25.6 Å². The molecule has 19 heavy (non-hydrogen) atoms. The van der Waals surface area contributed by atoms with Crippen LogP contribution in [0.1, 0.15) is 5.56 Å². The number of rotatable bonds is 7. The largest absolute Gasteiger partial charge is 0.504 e. The van der Waals surface area contributed by atoms with E-state index in [1.54, 1.807) is 12.1 Å². The van der Waals surface area contributed by atoms with E-state index < -0.39 is 18.4 Å². The Kier molecular flexibility index (Phi) is 5.62. The Morgan fingerprint density at radius 1 is 1.32 bits per heavy atom. The molecule has 0 spiro atoms. The minimum absolute atomic E-state index is 0.0104. The Morgan fingerprint density at radius 2 is 2.05 bits per heavy atom. The fourth-order valence-corrected chi connectivity index (χ4v) is 1.39. The quantitative estimate of drug-likeness (QED) is 0.540. The van der Waals surface area contributed by atoms with Gasteiger partial charge in [0.1, 0.15) is 6.54 Å². The Morgan fingerprint density at radius 3 is 2.68 bits per heavy atom. The van der Waals surface area contributed by atoms with Gasteiger partial charge in [-0.3, -0.25) is 9.59 Å². The number of amides is 1. The number of carboxylic acids is 1. The number of phenolic OH excluding ortho intramolecular Hbond substituents is 1. The zero-order chi connectivity index (χ0) is 14.3. The highest BCUT2D eigenvalue weighted by atomic mass is 16.5. The topological polar surface area (TPSA) is 108 Å². The SMILES string of the molecule is COc1cc(CNCC(=O)NCC(=O)O)ccc1O. The van der Waals surface area contributed by atoms with Crippen LogP contribution in [0.4, 0.5) is 0 Å². The number of aliphatic carboxylic acids is 1. The number of carboxylic acid groups (broad SMARTS) is 1. The van der Waals surface area contributed by atoms with E-state index >= 15 is 0 Å². The lowest BCUT2D eigenvalue weighted by Crippen LogP contribution is -2.36. The molecule has 0 saturated heterocycles. The van der Waals surface area contributed by atoms with Gasteiger partial charge in [-0.25, -0.2) is 0 Å². The molecule has 0 bridgehead atoms. The number of ether oxygens (including phenoxy) is 1. The van der Waals surface area contributed by atoms with E-state index in [1.165, 1.54) is 13.2 Å². The van der Waals surface area contributed by atoms with Crippen LogP contribution in [0.5, 0.6) is 11.5 Å². The van der Waals surface area contributed by atoms with Crippen molar-refractivity contribution in [1.82, 2.24) is 10.6 Å². The number of methoxy groups -OCH3 is 1. The third-order valence-electron chi connectivity index (χ3n) is 2.30. The van der Waals surface area contributed by atoms with Crippen molar-refractivity contribution in [2.75, 3.05) is 20.2 Å². The highest BCUT2D eigenvalue weighted by Gasteiger charge is 2.05. The van der Waals surface area contributed by atoms with Gasteiger partial charge in [-0.2, -0.15) is 0 Å². The fourth-order valence-electron chi connectivity index (χ4n) is 1.39. The van der Waals surface area contributed by atoms with Crippen molar-refractivity contribution in [3.05, 3.63) is 23.8 Å². The number of phenols is 1. The maximum atomic E-state index is 11.2. The zero-order valence-corrected chi connectivity index (χ0v) is 10.5. The molecule has 7 heteroatoms. The minimum Gasteiger partial charge on any atom is -0.504 e. The van der Waals surface area contributed by atoms with Gasteiger partial charge in [0.25, 0.3) is 0 Å². The molecular formula is C12H16N2O5. The molecule has 1 rings (SSSR count). The third-order valence-corrected chi connectivity index (χ3v) is 2.30. The summed E-state index contributed by atoms with van der Waals surface area (Å²) in [6.45, 7) is 0.0150. The van der Waals surface area contributed by atoms with Crippen molar-refractivity contribution in [2.45, 2.75) is 6.54 Å². The van der Waals surface area contributed by atoms with Crippen molar-refractivity contribution in [2.24, 2.45) is 0 Å². The van der Waals surface area contributed by atoms with Crippen LogP contribution in [0.15, 0.2) is 18.2 Å². The van der Waals surface area contributed by atoms with Crippen molar-refractivity contribution in [3.8, 4) is 11.5 Å². The van der Waals surface area contributed by atoms with Crippen LogP contribution in [-0.2, 0) is 16.1 Å². The standard InChI is InChI=1S/C12H16N2O5/c1-19-10-4-8(2-3-9(10)15)5-13-6-11(16)14-7-12(17)18/h2-4,13,15H,5-7H2,1H3,(H,14,16)(H,17,18). The van der Waals surface area contributed by atoms with Crippen molar-refractivity contribution < 1.29 is 24.5 Å². The molecule has 0 aromatic heterocycles. The second-order valence-corrected chi connectivity index (χ2v) is 3.78. The molecule has 0 atom stereocenters. The van der Waals surface area contributed by atoms with Crippen molar-refractivity contribution >= 4 is 11.9 Å². The highest BCUT2D eigenvalue weighted by molar-refractivity contribution is 5.82. The summed E-state index contributed by atoms with van der Waals surface area (Å²) in [5, 5.41) is 22.9. The molecule has 0 heterocycles. The zero-order valence-electron chi connectivity index (χ0n) is 10.5. The Hall–Kier alpha value is -2.28. The van der Waals surface area contributed by atoms with Crippen LogP contribution < -0.4 is 15.4 Å². The summed E-state index contributed by atoms with van der Waals surface area (Å²) in [7, 11) is 1.45. The van der Waals surface area contributed by atoms with E-state index in [1.807, 2.05) is 0 Å². The molecule has 1 aromatic rings. The van der Waals surface area contributed by atoms with Gasteiger partial charge >= 0.3 is 5.97 Å². The van der Waals surface area contributed by atoms with Crippen LogP contribution >= 0.6 is 0 Å². The summed E-state index contributed by atoms with van der Waals surface area (Å²) in [5.74, 6) is -1.08. The first-order valence-electron chi connectivity index (χ1n) is 5.58. The number of carbonyl (C=O) groups is 2. The predicted octanol–water partition coefficient (Wildman–Crippen LogP) is -0.309. The van der Waals surface area contributed by atoms with Gasteiger partial charge in [-0.15, -0.1) is 0 Å². The van der Waals surface area contributed by atoms with Gasteiger partial charge in [0.2, 0.25) is 5.91 Å². The lowest BCUT2D eigenvalue weighted by molar-refractivity contribution is -0.137. The molecule has 0 fully saturated rings. The summed E-state index contributed by atoms with van der Waals surface area (Å²) in [6, 6.07) is 4.85. The molecule has 104 valence electrons. The Bertz CT molecular complexity index is 461.